The number of H-pyrrole nitrogens is 1. The summed E-state index contributed by atoms with van der Waals surface area (Å²) >= 11 is 1.43. The van der Waals surface area contributed by atoms with E-state index < -0.39 is 11.2 Å². The maximum absolute atomic E-state index is 12.6. The predicted octanol–water partition coefficient (Wildman–Crippen LogP) is 1.40. The highest BCUT2D eigenvalue weighted by atomic mass is 32.1. The standard InChI is InChI=1S/C21H23N5O4S/c1-25(16(27)8-5-10-23-19(28)15-9-11-31-13-15)17-18(22)26(21(30)24-20(17)29)12-14-6-3-2-4-7-14/h2-4,6-7,9,11,13H,5,8,10,12,22H2,1H3,(H,23,28)(H,24,29,30). The van der Waals surface area contributed by atoms with E-state index in [2.05, 4.69) is 10.3 Å². The fourth-order valence-electron chi connectivity index (χ4n) is 3.05. The quantitative estimate of drug-likeness (QED) is 0.455. The Morgan fingerprint density at radius 2 is 1.94 bits per heavy atom. The molecule has 0 bridgehead atoms. The fraction of sp³-hybridized carbons (Fsp3) is 0.238. The molecule has 2 heterocycles. The van der Waals surface area contributed by atoms with Gasteiger partial charge < -0.3 is 16.0 Å². The van der Waals surface area contributed by atoms with Crippen LogP contribution in [0.4, 0.5) is 11.5 Å². The van der Waals surface area contributed by atoms with Crippen molar-refractivity contribution in [3.05, 3.63) is 79.1 Å². The van der Waals surface area contributed by atoms with Crippen LogP contribution >= 0.6 is 11.3 Å². The first kappa shape index (κ1) is 22.0. The minimum Gasteiger partial charge on any atom is -0.383 e. The highest BCUT2D eigenvalue weighted by molar-refractivity contribution is 7.08. The highest BCUT2D eigenvalue weighted by Gasteiger charge is 2.21. The van der Waals surface area contributed by atoms with Crippen LogP contribution in [0.1, 0.15) is 28.8 Å². The average molecular weight is 442 g/mol. The molecule has 2 amide bonds. The Morgan fingerprint density at radius 3 is 2.61 bits per heavy atom. The van der Waals surface area contributed by atoms with Crippen molar-refractivity contribution in [2.24, 2.45) is 0 Å². The summed E-state index contributed by atoms with van der Waals surface area (Å²) < 4.78 is 1.22. The fourth-order valence-corrected chi connectivity index (χ4v) is 3.69. The topological polar surface area (TPSA) is 130 Å². The van der Waals surface area contributed by atoms with E-state index in [0.717, 1.165) is 10.5 Å². The number of anilines is 2. The number of nitrogens with one attached hydrogen (secondary N) is 2. The molecule has 0 aliphatic carbocycles. The monoisotopic (exact) mass is 441 g/mol. The van der Waals surface area contributed by atoms with E-state index in [-0.39, 0.29) is 36.3 Å². The van der Waals surface area contributed by atoms with E-state index in [1.807, 2.05) is 35.7 Å². The van der Waals surface area contributed by atoms with Crippen molar-refractivity contribution < 1.29 is 9.59 Å². The van der Waals surface area contributed by atoms with Crippen LogP contribution < -0.4 is 27.2 Å². The Labute approximate surface area is 182 Å². The summed E-state index contributed by atoms with van der Waals surface area (Å²) in [5, 5.41) is 6.30. The van der Waals surface area contributed by atoms with Crippen molar-refractivity contribution in [1.82, 2.24) is 14.9 Å². The lowest BCUT2D eigenvalue weighted by Crippen LogP contribution is -2.39. The van der Waals surface area contributed by atoms with Crippen LogP contribution in [-0.4, -0.2) is 35.0 Å². The second-order valence-corrected chi connectivity index (χ2v) is 7.67. The van der Waals surface area contributed by atoms with Crippen molar-refractivity contribution in [1.29, 1.82) is 0 Å². The molecule has 0 fully saturated rings. The first-order valence-electron chi connectivity index (χ1n) is 9.62. The van der Waals surface area contributed by atoms with E-state index >= 15 is 0 Å². The molecule has 162 valence electrons. The summed E-state index contributed by atoms with van der Waals surface area (Å²) in [6.45, 7) is 0.472. The molecule has 0 radical (unpaired) electrons. The van der Waals surface area contributed by atoms with Gasteiger partial charge in [-0.05, 0) is 23.4 Å². The number of hydrogen-bond donors (Lipinski definition) is 3. The molecule has 31 heavy (non-hydrogen) atoms. The van der Waals surface area contributed by atoms with Crippen LogP contribution in [0.15, 0.2) is 56.7 Å². The Hall–Kier alpha value is -3.66. The Bertz CT molecular complexity index is 1170. The number of aromatic nitrogens is 2. The van der Waals surface area contributed by atoms with Gasteiger partial charge in [0.25, 0.3) is 11.5 Å². The zero-order valence-electron chi connectivity index (χ0n) is 17.0. The van der Waals surface area contributed by atoms with Gasteiger partial charge in [-0.1, -0.05) is 30.3 Å². The maximum Gasteiger partial charge on any atom is 0.330 e. The molecule has 0 atom stereocenters. The van der Waals surface area contributed by atoms with E-state index in [9.17, 15) is 19.2 Å². The third-order valence-electron chi connectivity index (χ3n) is 4.74. The van der Waals surface area contributed by atoms with Crippen LogP contribution in [0.5, 0.6) is 0 Å². The number of nitrogens with two attached hydrogens (primary N) is 1. The molecule has 2 aromatic heterocycles. The molecule has 9 nitrogen and oxygen atoms in total. The molecule has 0 aliphatic rings. The molecule has 0 spiro atoms. The van der Waals surface area contributed by atoms with Crippen LogP contribution in [0.25, 0.3) is 0 Å². The lowest BCUT2D eigenvalue weighted by atomic mass is 10.2. The molecular weight excluding hydrogens is 418 g/mol. The van der Waals surface area contributed by atoms with Gasteiger partial charge in [-0.15, -0.1) is 0 Å². The molecule has 0 saturated heterocycles. The van der Waals surface area contributed by atoms with E-state index in [1.54, 1.807) is 11.4 Å². The third-order valence-corrected chi connectivity index (χ3v) is 5.43. The van der Waals surface area contributed by atoms with Gasteiger partial charge in [0.15, 0.2) is 5.69 Å². The average Bonchev–Trinajstić information content (AvgIpc) is 3.29. The van der Waals surface area contributed by atoms with E-state index in [4.69, 9.17) is 5.73 Å². The summed E-state index contributed by atoms with van der Waals surface area (Å²) in [6, 6.07) is 10.9. The van der Waals surface area contributed by atoms with Crippen molar-refractivity contribution >= 4 is 34.7 Å². The van der Waals surface area contributed by atoms with Crippen LogP contribution in [0.3, 0.4) is 0 Å². The first-order valence-corrected chi connectivity index (χ1v) is 10.6. The SMILES string of the molecule is CN(C(=O)CCCNC(=O)c1ccsc1)c1c(N)n(Cc2ccccc2)c(=O)[nH]c1=O. The number of amides is 2. The minimum atomic E-state index is -0.728. The molecular formula is C21H23N5O4S. The van der Waals surface area contributed by atoms with Gasteiger partial charge in [0.1, 0.15) is 5.82 Å². The molecule has 1 aromatic carbocycles. The summed E-state index contributed by atoms with van der Waals surface area (Å²) in [5.41, 5.74) is 6.06. The number of carbonyl (C=O) groups excluding carboxylic acids is 2. The van der Waals surface area contributed by atoms with Gasteiger partial charge in [0.05, 0.1) is 6.54 Å². The summed E-state index contributed by atoms with van der Waals surface area (Å²) in [7, 11) is 1.44. The number of nitrogens with zero attached hydrogens (tertiary/aromatic N) is 2. The first-order chi connectivity index (χ1) is 14.9. The lowest BCUT2D eigenvalue weighted by molar-refractivity contribution is -0.118. The molecule has 3 aromatic rings. The van der Waals surface area contributed by atoms with Crippen molar-refractivity contribution in [3.63, 3.8) is 0 Å². The largest absolute Gasteiger partial charge is 0.383 e. The summed E-state index contributed by atoms with van der Waals surface area (Å²) in [5.74, 6) is -0.637. The predicted molar refractivity (Wildman–Crippen MR) is 121 cm³/mol. The number of benzene rings is 1. The molecule has 0 unspecified atom stereocenters. The van der Waals surface area contributed by atoms with Crippen LogP contribution in [-0.2, 0) is 11.3 Å². The molecule has 0 aliphatic heterocycles. The van der Waals surface area contributed by atoms with Gasteiger partial charge in [-0.3, -0.25) is 23.9 Å². The van der Waals surface area contributed by atoms with Crippen molar-refractivity contribution in [2.75, 3.05) is 24.2 Å². The number of rotatable bonds is 8. The molecule has 4 N–H and O–H groups in total. The summed E-state index contributed by atoms with van der Waals surface area (Å²) in [6.07, 6.45) is 0.484. The second-order valence-electron chi connectivity index (χ2n) is 6.89. The highest BCUT2D eigenvalue weighted by Crippen LogP contribution is 2.17. The van der Waals surface area contributed by atoms with Crippen LogP contribution in [0.2, 0.25) is 0 Å². The maximum atomic E-state index is 12.6. The third kappa shape index (κ3) is 5.28. The Balaban J connectivity index is 1.67. The van der Waals surface area contributed by atoms with Crippen molar-refractivity contribution in [2.45, 2.75) is 19.4 Å². The Kier molecular flexibility index (Phi) is 7.03. The van der Waals surface area contributed by atoms with E-state index in [0.29, 0.717) is 18.5 Å². The van der Waals surface area contributed by atoms with Gasteiger partial charge in [-0.2, -0.15) is 11.3 Å². The smallest absolute Gasteiger partial charge is 0.330 e. The number of aromatic amines is 1. The van der Waals surface area contributed by atoms with Crippen LogP contribution in [0, 0.1) is 0 Å². The normalized spacial score (nSPS) is 10.6. The number of hydrogen-bond acceptors (Lipinski definition) is 6. The summed E-state index contributed by atoms with van der Waals surface area (Å²) in [4.78, 5) is 52.5. The molecule has 3 rings (SSSR count). The van der Waals surface area contributed by atoms with E-state index in [1.165, 1.54) is 23.0 Å². The minimum absolute atomic E-state index is 0.0807. The zero-order chi connectivity index (χ0) is 22.4. The molecule has 10 heteroatoms. The zero-order valence-corrected chi connectivity index (χ0v) is 17.8. The van der Waals surface area contributed by atoms with Gasteiger partial charge >= 0.3 is 5.69 Å². The Morgan fingerprint density at radius 1 is 1.19 bits per heavy atom. The number of thiophene rings is 1. The van der Waals surface area contributed by atoms with Gasteiger partial charge in [0.2, 0.25) is 5.91 Å². The number of nitrogen functional groups attached to an aromatic ring is 1. The number of carbonyl (C=O) groups is 2. The molecule has 0 saturated carbocycles. The second kappa shape index (κ2) is 9.90. The van der Waals surface area contributed by atoms with Gasteiger partial charge in [0, 0.05) is 31.0 Å². The van der Waals surface area contributed by atoms with Crippen molar-refractivity contribution in [3.8, 4) is 0 Å². The van der Waals surface area contributed by atoms with Gasteiger partial charge in [-0.25, -0.2) is 4.79 Å². The lowest BCUT2D eigenvalue weighted by Gasteiger charge is -2.20.